The van der Waals surface area contributed by atoms with Gasteiger partial charge in [-0.2, -0.15) is 0 Å². The summed E-state index contributed by atoms with van der Waals surface area (Å²) in [7, 11) is 0. The van der Waals surface area contributed by atoms with Gasteiger partial charge in [0.2, 0.25) is 0 Å². The van der Waals surface area contributed by atoms with E-state index in [2.05, 4.69) is 5.32 Å². The van der Waals surface area contributed by atoms with Crippen molar-refractivity contribution in [3.8, 4) is 0 Å². The number of carboxylic acids is 1. The number of hydrogen-bond acceptors (Lipinski definition) is 3. The summed E-state index contributed by atoms with van der Waals surface area (Å²) in [4.78, 5) is 10.1. The number of rotatable bonds is 6. The maximum atomic E-state index is 10.1. The molecule has 0 unspecified atom stereocenters. The molecular formula is C8H15NO3. The molecule has 0 spiro atoms. The van der Waals surface area contributed by atoms with Gasteiger partial charge in [-0.1, -0.05) is 0 Å². The second kappa shape index (κ2) is 5.11. The van der Waals surface area contributed by atoms with Crippen LogP contribution in [0.25, 0.3) is 0 Å². The first-order valence-electron chi connectivity index (χ1n) is 4.32. The van der Waals surface area contributed by atoms with E-state index in [0.29, 0.717) is 6.04 Å². The van der Waals surface area contributed by atoms with E-state index in [9.17, 15) is 4.79 Å². The molecule has 0 aromatic heterocycles. The van der Waals surface area contributed by atoms with Gasteiger partial charge in [0.05, 0.1) is 19.3 Å². The van der Waals surface area contributed by atoms with Crippen molar-refractivity contribution in [3.05, 3.63) is 0 Å². The monoisotopic (exact) mass is 173 g/mol. The number of carboxylic acid groups (broad SMARTS) is 1. The first kappa shape index (κ1) is 9.48. The summed E-state index contributed by atoms with van der Waals surface area (Å²) in [5.74, 6) is -0.707. The molecule has 4 nitrogen and oxygen atoms in total. The SMILES string of the molecule is O=C(O)CCCCNC1COC1. The highest BCUT2D eigenvalue weighted by molar-refractivity contribution is 5.66. The van der Waals surface area contributed by atoms with Crippen LogP contribution in [-0.2, 0) is 9.53 Å². The summed E-state index contributed by atoms with van der Waals surface area (Å²) in [5, 5.41) is 11.6. The van der Waals surface area contributed by atoms with Crippen LogP contribution in [0.5, 0.6) is 0 Å². The molecular weight excluding hydrogens is 158 g/mol. The number of aliphatic carboxylic acids is 1. The first-order chi connectivity index (χ1) is 5.79. The lowest BCUT2D eigenvalue weighted by molar-refractivity contribution is -0.137. The average molecular weight is 173 g/mol. The van der Waals surface area contributed by atoms with E-state index in [-0.39, 0.29) is 6.42 Å². The van der Waals surface area contributed by atoms with E-state index in [1.807, 2.05) is 0 Å². The molecule has 0 aliphatic carbocycles. The van der Waals surface area contributed by atoms with E-state index in [0.717, 1.165) is 32.6 Å². The van der Waals surface area contributed by atoms with Crippen LogP contribution in [0.4, 0.5) is 0 Å². The van der Waals surface area contributed by atoms with E-state index in [1.165, 1.54) is 0 Å². The molecule has 0 radical (unpaired) electrons. The second-order valence-corrected chi connectivity index (χ2v) is 3.04. The Morgan fingerprint density at radius 1 is 1.50 bits per heavy atom. The summed E-state index contributed by atoms with van der Waals surface area (Å²) < 4.78 is 4.97. The molecule has 1 rings (SSSR count). The molecule has 1 heterocycles. The Balaban J connectivity index is 1.79. The fourth-order valence-electron chi connectivity index (χ4n) is 1.06. The third kappa shape index (κ3) is 3.69. The molecule has 0 atom stereocenters. The molecule has 1 aliphatic heterocycles. The molecule has 0 amide bonds. The molecule has 4 heteroatoms. The van der Waals surface area contributed by atoms with Gasteiger partial charge in [-0.05, 0) is 19.4 Å². The minimum absolute atomic E-state index is 0.281. The van der Waals surface area contributed by atoms with Crippen LogP contribution >= 0.6 is 0 Å². The molecule has 1 fully saturated rings. The highest BCUT2D eigenvalue weighted by Gasteiger charge is 2.16. The summed E-state index contributed by atoms with van der Waals surface area (Å²) in [6.45, 7) is 2.51. The Morgan fingerprint density at radius 2 is 2.25 bits per heavy atom. The lowest BCUT2D eigenvalue weighted by atomic mass is 10.2. The third-order valence-electron chi connectivity index (χ3n) is 1.89. The van der Waals surface area contributed by atoms with Crippen molar-refractivity contribution in [3.63, 3.8) is 0 Å². The maximum absolute atomic E-state index is 10.1. The maximum Gasteiger partial charge on any atom is 0.303 e. The van der Waals surface area contributed by atoms with Crippen molar-refractivity contribution in [2.75, 3.05) is 19.8 Å². The number of unbranched alkanes of at least 4 members (excludes halogenated alkanes) is 1. The minimum Gasteiger partial charge on any atom is -0.481 e. The Labute approximate surface area is 71.9 Å². The summed E-state index contributed by atoms with van der Waals surface area (Å²) in [6, 6.07) is 0.509. The normalized spacial score (nSPS) is 17.3. The zero-order valence-corrected chi connectivity index (χ0v) is 7.08. The van der Waals surface area contributed by atoms with E-state index >= 15 is 0 Å². The first-order valence-corrected chi connectivity index (χ1v) is 4.32. The molecule has 0 aromatic carbocycles. The molecule has 1 saturated heterocycles. The lowest BCUT2D eigenvalue weighted by Crippen LogP contribution is -2.46. The van der Waals surface area contributed by atoms with Crippen LogP contribution in [0, 0.1) is 0 Å². The van der Waals surface area contributed by atoms with E-state index < -0.39 is 5.97 Å². The summed E-state index contributed by atoms with van der Waals surface area (Å²) >= 11 is 0. The highest BCUT2D eigenvalue weighted by Crippen LogP contribution is 2.00. The van der Waals surface area contributed by atoms with Gasteiger partial charge in [0.25, 0.3) is 0 Å². The van der Waals surface area contributed by atoms with Gasteiger partial charge in [-0.3, -0.25) is 4.79 Å². The van der Waals surface area contributed by atoms with Crippen LogP contribution in [0.3, 0.4) is 0 Å². The van der Waals surface area contributed by atoms with Crippen molar-refractivity contribution in [1.29, 1.82) is 0 Å². The fraction of sp³-hybridized carbons (Fsp3) is 0.875. The molecule has 0 aromatic rings. The summed E-state index contributed by atoms with van der Waals surface area (Å²) in [6.07, 6.45) is 1.97. The predicted octanol–water partition coefficient (Wildman–Crippen LogP) is 0.230. The van der Waals surface area contributed by atoms with Crippen molar-refractivity contribution in [1.82, 2.24) is 5.32 Å². The van der Waals surface area contributed by atoms with E-state index in [4.69, 9.17) is 9.84 Å². The topological polar surface area (TPSA) is 58.6 Å². The standard InChI is InChI=1S/C8H15NO3/c10-8(11)3-1-2-4-9-7-5-12-6-7/h7,9H,1-6H2,(H,10,11). The van der Waals surface area contributed by atoms with Crippen molar-refractivity contribution >= 4 is 5.97 Å². The minimum atomic E-state index is -0.707. The lowest BCUT2D eigenvalue weighted by Gasteiger charge is -2.26. The average Bonchev–Trinajstić information content (AvgIpc) is 1.92. The van der Waals surface area contributed by atoms with Gasteiger partial charge >= 0.3 is 5.97 Å². The van der Waals surface area contributed by atoms with Crippen LogP contribution in [-0.4, -0.2) is 36.9 Å². The van der Waals surface area contributed by atoms with Crippen LogP contribution in [0.15, 0.2) is 0 Å². The van der Waals surface area contributed by atoms with Gasteiger partial charge in [0.15, 0.2) is 0 Å². The van der Waals surface area contributed by atoms with Crippen LogP contribution in [0.1, 0.15) is 19.3 Å². The van der Waals surface area contributed by atoms with Gasteiger partial charge in [0.1, 0.15) is 0 Å². The molecule has 2 N–H and O–H groups in total. The van der Waals surface area contributed by atoms with Crippen molar-refractivity contribution < 1.29 is 14.6 Å². The van der Waals surface area contributed by atoms with Gasteiger partial charge < -0.3 is 15.2 Å². The zero-order chi connectivity index (χ0) is 8.81. The Bertz CT molecular complexity index is 145. The largest absolute Gasteiger partial charge is 0.481 e. The van der Waals surface area contributed by atoms with Gasteiger partial charge in [-0.15, -0.1) is 0 Å². The molecule has 70 valence electrons. The fourth-order valence-corrected chi connectivity index (χ4v) is 1.06. The molecule has 1 aliphatic rings. The molecule has 0 bridgehead atoms. The zero-order valence-electron chi connectivity index (χ0n) is 7.08. The van der Waals surface area contributed by atoms with Crippen molar-refractivity contribution in [2.24, 2.45) is 0 Å². The Kier molecular flexibility index (Phi) is 4.04. The third-order valence-corrected chi connectivity index (χ3v) is 1.89. The van der Waals surface area contributed by atoms with E-state index in [1.54, 1.807) is 0 Å². The number of carbonyl (C=O) groups is 1. The predicted molar refractivity (Wildman–Crippen MR) is 44.1 cm³/mol. The van der Waals surface area contributed by atoms with Crippen LogP contribution < -0.4 is 5.32 Å². The van der Waals surface area contributed by atoms with Crippen molar-refractivity contribution in [2.45, 2.75) is 25.3 Å². The Morgan fingerprint density at radius 3 is 2.75 bits per heavy atom. The molecule has 12 heavy (non-hydrogen) atoms. The smallest absolute Gasteiger partial charge is 0.303 e. The molecule has 0 saturated carbocycles. The number of ether oxygens (including phenoxy) is 1. The number of hydrogen-bond donors (Lipinski definition) is 2. The highest BCUT2D eigenvalue weighted by atomic mass is 16.5. The quantitative estimate of drug-likeness (QED) is 0.564. The summed E-state index contributed by atoms with van der Waals surface area (Å²) in [5.41, 5.74) is 0. The Hall–Kier alpha value is -0.610. The second-order valence-electron chi connectivity index (χ2n) is 3.04. The van der Waals surface area contributed by atoms with Gasteiger partial charge in [0, 0.05) is 6.42 Å². The van der Waals surface area contributed by atoms with Crippen LogP contribution in [0.2, 0.25) is 0 Å². The number of nitrogens with one attached hydrogen (secondary N) is 1. The van der Waals surface area contributed by atoms with Gasteiger partial charge in [-0.25, -0.2) is 0 Å².